The first-order valence-electron chi connectivity index (χ1n) is 7.84. The van der Waals surface area contributed by atoms with Crippen molar-refractivity contribution in [1.82, 2.24) is 20.8 Å². The van der Waals surface area contributed by atoms with Crippen LogP contribution in [0.1, 0.15) is 28.9 Å². The lowest BCUT2D eigenvalue weighted by molar-refractivity contribution is 0.0940. The number of H-pyrrole nitrogens is 1. The summed E-state index contributed by atoms with van der Waals surface area (Å²) in [6.07, 6.45) is 2.35. The normalized spacial score (nSPS) is 18.1. The first kappa shape index (κ1) is 14.8. The molecule has 1 aliphatic heterocycles. The monoisotopic (exact) mass is 298 g/mol. The van der Waals surface area contributed by atoms with Crippen molar-refractivity contribution in [3.8, 4) is 11.3 Å². The fourth-order valence-corrected chi connectivity index (χ4v) is 2.74. The maximum absolute atomic E-state index is 12.2. The maximum atomic E-state index is 12.2. The average Bonchev–Trinajstić information content (AvgIpc) is 3.04. The molecule has 22 heavy (non-hydrogen) atoms. The summed E-state index contributed by atoms with van der Waals surface area (Å²) in [5.74, 6) is 0.439. The number of amides is 1. The molecule has 3 rings (SSSR count). The molecule has 0 saturated carbocycles. The highest BCUT2D eigenvalue weighted by atomic mass is 16.1. The number of aromatic nitrogens is 2. The molecule has 0 bridgehead atoms. The molecule has 2 heterocycles. The average molecular weight is 298 g/mol. The number of nitrogens with one attached hydrogen (secondary N) is 3. The van der Waals surface area contributed by atoms with Gasteiger partial charge < -0.3 is 10.6 Å². The highest BCUT2D eigenvalue weighted by Gasteiger charge is 2.16. The lowest BCUT2D eigenvalue weighted by Crippen LogP contribution is -2.38. The van der Waals surface area contributed by atoms with Crippen LogP contribution in [-0.4, -0.2) is 35.7 Å². The van der Waals surface area contributed by atoms with Gasteiger partial charge in [-0.3, -0.25) is 9.89 Å². The molecule has 2 aromatic rings. The molecule has 116 valence electrons. The molecule has 1 atom stereocenters. The van der Waals surface area contributed by atoms with Crippen LogP contribution < -0.4 is 10.6 Å². The van der Waals surface area contributed by atoms with Crippen LogP contribution in [0.2, 0.25) is 0 Å². The third kappa shape index (κ3) is 3.54. The van der Waals surface area contributed by atoms with E-state index in [0.29, 0.717) is 18.2 Å². The summed E-state index contributed by atoms with van der Waals surface area (Å²) in [6, 6.07) is 9.92. The van der Waals surface area contributed by atoms with Crippen LogP contribution >= 0.6 is 0 Å². The van der Waals surface area contributed by atoms with Crippen LogP contribution in [0.4, 0.5) is 0 Å². The molecule has 5 nitrogen and oxygen atoms in total. The molecule has 1 amide bonds. The van der Waals surface area contributed by atoms with Gasteiger partial charge in [-0.2, -0.15) is 5.10 Å². The van der Waals surface area contributed by atoms with Gasteiger partial charge in [0.25, 0.3) is 5.91 Å². The Kier molecular flexibility index (Phi) is 4.53. The number of aryl methyl sites for hydroxylation is 1. The molecular weight excluding hydrogens is 276 g/mol. The lowest BCUT2D eigenvalue weighted by Gasteiger charge is -2.22. The molecule has 3 N–H and O–H groups in total. The first-order chi connectivity index (χ1) is 10.7. The third-order valence-electron chi connectivity index (χ3n) is 4.12. The number of nitrogens with zero attached hydrogens (tertiary/aromatic N) is 1. The van der Waals surface area contributed by atoms with E-state index in [9.17, 15) is 4.79 Å². The van der Waals surface area contributed by atoms with E-state index >= 15 is 0 Å². The molecule has 1 aliphatic rings. The van der Waals surface area contributed by atoms with Crippen molar-refractivity contribution in [2.24, 2.45) is 5.92 Å². The van der Waals surface area contributed by atoms with Crippen LogP contribution in [0.5, 0.6) is 0 Å². The van der Waals surface area contributed by atoms with E-state index in [-0.39, 0.29) is 5.91 Å². The molecule has 1 saturated heterocycles. The molecular formula is C17H22N4O. The zero-order chi connectivity index (χ0) is 15.4. The topological polar surface area (TPSA) is 69.8 Å². The Labute approximate surface area is 130 Å². The predicted octanol–water partition coefficient (Wildman–Crippen LogP) is 2.11. The van der Waals surface area contributed by atoms with Crippen LogP contribution in [0.15, 0.2) is 30.3 Å². The summed E-state index contributed by atoms with van der Waals surface area (Å²) < 4.78 is 0. The van der Waals surface area contributed by atoms with E-state index in [1.807, 2.05) is 31.2 Å². The zero-order valence-corrected chi connectivity index (χ0v) is 12.9. The summed E-state index contributed by atoms with van der Waals surface area (Å²) in [7, 11) is 0. The smallest absolute Gasteiger partial charge is 0.269 e. The van der Waals surface area contributed by atoms with Crippen LogP contribution in [0.3, 0.4) is 0 Å². The van der Waals surface area contributed by atoms with Crippen LogP contribution in [0.25, 0.3) is 11.3 Å². The Balaban J connectivity index is 1.60. The van der Waals surface area contributed by atoms with Gasteiger partial charge in [0.2, 0.25) is 0 Å². The van der Waals surface area contributed by atoms with Gasteiger partial charge in [0.1, 0.15) is 5.69 Å². The summed E-state index contributed by atoms with van der Waals surface area (Å²) in [5, 5.41) is 13.4. The van der Waals surface area contributed by atoms with Crippen LogP contribution in [0, 0.1) is 12.8 Å². The first-order valence-corrected chi connectivity index (χ1v) is 7.84. The number of carbonyl (C=O) groups is 1. The van der Waals surface area contributed by atoms with Crippen LogP contribution in [-0.2, 0) is 0 Å². The number of hydrogen-bond donors (Lipinski definition) is 3. The van der Waals surface area contributed by atoms with Gasteiger partial charge in [0.15, 0.2) is 0 Å². The van der Waals surface area contributed by atoms with Gasteiger partial charge in [-0.05, 0) is 44.8 Å². The SMILES string of the molecule is Cc1ccc(-c2cc(C(=O)NCC3CCCNC3)[nH]n2)cc1. The predicted molar refractivity (Wildman–Crippen MR) is 86.7 cm³/mol. The van der Waals surface area contributed by atoms with E-state index in [1.165, 1.54) is 18.4 Å². The summed E-state index contributed by atoms with van der Waals surface area (Å²) >= 11 is 0. The molecule has 0 aliphatic carbocycles. The molecule has 1 aromatic heterocycles. The van der Waals surface area contributed by atoms with Crippen molar-refractivity contribution in [3.63, 3.8) is 0 Å². The summed E-state index contributed by atoms with van der Waals surface area (Å²) in [6.45, 7) is 4.83. The zero-order valence-electron chi connectivity index (χ0n) is 12.9. The summed E-state index contributed by atoms with van der Waals surface area (Å²) in [4.78, 5) is 12.2. The number of hydrogen-bond acceptors (Lipinski definition) is 3. The van der Waals surface area contributed by atoms with E-state index < -0.39 is 0 Å². The van der Waals surface area contributed by atoms with Gasteiger partial charge in [-0.25, -0.2) is 0 Å². The maximum Gasteiger partial charge on any atom is 0.269 e. The van der Waals surface area contributed by atoms with Gasteiger partial charge in [0, 0.05) is 12.1 Å². The fraction of sp³-hybridized carbons (Fsp3) is 0.412. The minimum atomic E-state index is -0.0866. The second-order valence-electron chi connectivity index (χ2n) is 5.96. The van der Waals surface area contributed by atoms with E-state index in [0.717, 1.165) is 24.3 Å². The highest BCUT2D eigenvalue weighted by molar-refractivity contribution is 5.93. The van der Waals surface area contributed by atoms with Crippen molar-refractivity contribution in [2.45, 2.75) is 19.8 Å². The van der Waals surface area contributed by atoms with Gasteiger partial charge in [0.05, 0.1) is 5.69 Å². The van der Waals surface area contributed by atoms with Gasteiger partial charge >= 0.3 is 0 Å². The number of piperidine rings is 1. The number of rotatable bonds is 4. The van der Waals surface area contributed by atoms with Crippen molar-refractivity contribution in [1.29, 1.82) is 0 Å². The number of benzene rings is 1. The second-order valence-corrected chi connectivity index (χ2v) is 5.96. The Morgan fingerprint density at radius 2 is 2.18 bits per heavy atom. The quantitative estimate of drug-likeness (QED) is 0.809. The highest BCUT2D eigenvalue weighted by Crippen LogP contribution is 2.18. The molecule has 0 radical (unpaired) electrons. The molecule has 1 aromatic carbocycles. The van der Waals surface area contributed by atoms with Crippen molar-refractivity contribution in [3.05, 3.63) is 41.6 Å². The van der Waals surface area contributed by atoms with E-state index in [4.69, 9.17) is 0 Å². The number of carbonyl (C=O) groups excluding carboxylic acids is 1. The van der Waals surface area contributed by atoms with Gasteiger partial charge in [-0.1, -0.05) is 29.8 Å². The van der Waals surface area contributed by atoms with Gasteiger partial charge in [-0.15, -0.1) is 0 Å². The standard InChI is InChI=1S/C17H22N4O/c1-12-4-6-14(7-5-12)15-9-16(21-20-15)17(22)19-11-13-3-2-8-18-10-13/h4-7,9,13,18H,2-3,8,10-11H2,1H3,(H,19,22)(H,20,21). The Morgan fingerprint density at radius 1 is 1.36 bits per heavy atom. The number of aromatic amines is 1. The molecule has 5 heteroatoms. The summed E-state index contributed by atoms with van der Waals surface area (Å²) in [5.41, 5.74) is 3.53. The lowest BCUT2D eigenvalue weighted by atomic mass is 10.00. The minimum Gasteiger partial charge on any atom is -0.350 e. The van der Waals surface area contributed by atoms with E-state index in [2.05, 4.69) is 20.8 Å². The Morgan fingerprint density at radius 3 is 2.91 bits per heavy atom. The Bertz CT molecular complexity index is 626. The van der Waals surface area contributed by atoms with Crippen molar-refractivity contribution >= 4 is 5.91 Å². The molecule has 0 spiro atoms. The molecule has 1 unspecified atom stereocenters. The Hall–Kier alpha value is -2.14. The van der Waals surface area contributed by atoms with Crippen molar-refractivity contribution in [2.75, 3.05) is 19.6 Å². The molecule has 1 fully saturated rings. The van der Waals surface area contributed by atoms with Crippen molar-refractivity contribution < 1.29 is 4.79 Å². The second kappa shape index (κ2) is 6.75. The van der Waals surface area contributed by atoms with E-state index in [1.54, 1.807) is 6.07 Å². The fourth-order valence-electron chi connectivity index (χ4n) is 2.74. The largest absolute Gasteiger partial charge is 0.350 e. The third-order valence-corrected chi connectivity index (χ3v) is 4.12. The minimum absolute atomic E-state index is 0.0866.